The van der Waals surface area contributed by atoms with Crippen LogP contribution in [0.1, 0.15) is 49.4 Å². The number of hydrogen-bond acceptors (Lipinski definition) is 3. The van der Waals surface area contributed by atoms with E-state index in [1.807, 2.05) is 10.9 Å². The van der Waals surface area contributed by atoms with Crippen LogP contribution in [0.25, 0.3) is 0 Å². The fourth-order valence-electron chi connectivity index (χ4n) is 2.35. The molecule has 0 radical (unpaired) electrons. The van der Waals surface area contributed by atoms with E-state index in [0.29, 0.717) is 5.56 Å². The minimum Gasteiger partial charge on any atom is -0.319 e. The van der Waals surface area contributed by atoms with Gasteiger partial charge in [-0.3, -0.25) is 9.48 Å². The Morgan fingerprint density at radius 3 is 2.88 bits per heavy atom. The lowest BCUT2D eigenvalue weighted by molar-refractivity contribution is 0.0892. The van der Waals surface area contributed by atoms with Crippen molar-refractivity contribution in [2.45, 2.75) is 51.1 Å². The summed E-state index contributed by atoms with van der Waals surface area (Å²) in [5.41, 5.74) is 6.17. The number of aryl methyl sites for hydroxylation is 1. The van der Waals surface area contributed by atoms with Gasteiger partial charge in [0.2, 0.25) is 0 Å². The highest BCUT2D eigenvalue weighted by Gasteiger charge is 2.37. The van der Waals surface area contributed by atoms with E-state index in [9.17, 15) is 4.79 Å². The third-order valence-electron chi connectivity index (χ3n) is 3.30. The lowest BCUT2D eigenvalue weighted by Gasteiger charge is -2.20. The van der Waals surface area contributed by atoms with Crippen molar-refractivity contribution in [1.29, 1.82) is 0 Å². The maximum Gasteiger partial charge on any atom is 0.185 e. The van der Waals surface area contributed by atoms with E-state index in [-0.39, 0.29) is 5.78 Å². The molecule has 1 saturated carbocycles. The van der Waals surface area contributed by atoms with Gasteiger partial charge in [-0.05, 0) is 19.3 Å². The minimum absolute atomic E-state index is 0.0624. The third-order valence-corrected chi connectivity index (χ3v) is 3.30. The highest BCUT2D eigenvalue weighted by Crippen LogP contribution is 2.30. The van der Waals surface area contributed by atoms with Gasteiger partial charge < -0.3 is 5.73 Å². The molecule has 0 aromatic carbocycles. The first-order chi connectivity index (χ1) is 7.65. The lowest BCUT2D eigenvalue weighted by atomic mass is 9.90. The number of aromatic nitrogens is 2. The summed E-state index contributed by atoms with van der Waals surface area (Å²) in [6.45, 7) is 2.94. The first kappa shape index (κ1) is 11.3. The fourth-order valence-corrected chi connectivity index (χ4v) is 2.35. The Balaban J connectivity index is 2.13. The van der Waals surface area contributed by atoms with Crippen LogP contribution in [0, 0.1) is 0 Å². The molecular weight excluding hydrogens is 202 g/mol. The fraction of sp³-hybridized carbons (Fsp3) is 0.667. The monoisotopic (exact) mass is 221 g/mol. The van der Waals surface area contributed by atoms with E-state index < -0.39 is 5.54 Å². The summed E-state index contributed by atoms with van der Waals surface area (Å²) in [5.74, 6) is 0.0624. The standard InChI is InChI=1S/C12H19N3O/c1-2-7-15-9-10(8-14-15)11(16)12(13)5-3-4-6-12/h8-9H,2-7,13H2,1H3. The second-order valence-electron chi connectivity index (χ2n) is 4.68. The van der Waals surface area contributed by atoms with Crippen molar-refractivity contribution in [2.75, 3.05) is 0 Å². The molecule has 1 aromatic heterocycles. The molecular formula is C12H19N3O. The van der Waals surface area contributed by atoms with Gasteiger partial charge in [-0.25, -0.2) is 0 Å². The molecule has 1 fully saturated rings. The van der Waals surface area contributed by atoms with Crippen LogP contribution in [0.2, 0.25) is 0 Å². The van der Waals surface area contributed by atoms with Crippen molar-refractivity contribution in [3.8, 4) is 0 Å². The van der Waals surface area contributed by atoms with Crippen LogP contribution in [-0.4, -0.2) is 21.1 Å². The first-order valence-electron chi connectivity index (χ1n) is 6.02. The van der Waals surface area contributed by atoms with Crippen LogP contribution >= 0.6 is 0 Å². The van der Waals surface area contributed by atoms with Crippen LogP contribution in [0.4, 0.5) is 0 Å². The number of Topliss-reactive ketones (excluding diaryl/α,β-unsaturated/α-hetero) is 1. The summed E-state index contributed by atoms with van der Waals surface area (Å²) in [5, 5.41) is 4.17. The second-order valence-corrected chi connectivity index (χ2v) is 4.68. The van der Waals surface area contributed by atoms with Crippen molar-refractivity contribution < 1.29 is 4.79 Å². The molecule has 2 N–H and O–H groups in total. The third kappa shape index (κ3) is 2.02. The van der Waals surface area contributed by atoms with Crippen LogP contribution in [0.3, 0.4) is 0 Å². The molecule has 4 heteroatoms. The van der Waals surface area contributed by atoms with Crippen LogP contribution < -0.4 is 5.73 Å². The highest BCUT2D eigenvalue weighted by molar-refractivity contribution is 6.02. The molecule has 16 heavy (non-hydrogen) atoms. The van der Waals surface area contributed by atoms with E-state index in [4.69, 9.17) is 5.73 Å². The summed E-state index contributed by atoms with van der Waals surface area (Å²) in [4.78, 5) is 12.2. The van der Waals surface area contributed by atoms with E-state index in [1.54, 1.807) is 6.20 Å². The molecule has 0 spiro atoms. The summed E-state index contributed by atoms with van der Waals surface area (Å²) in [7, 11) is 0. The zero-order valence-corrected chi connectivity index (χ0v) is 9.78. The van der Waals surface area contributed by atoms with E-state index in [2.05, 4.69) is 12.0 Å². The van der Waals surface area contributed by atoms with E-state index in [0.717, 1.165) is 38.6 Å². The zero-order chi connectivity index (χ0) is 11.6. The molecule has 0 aliphatic heterocycles. The molecule has 1 aliphatic carbocycles. The molecule has 1 aliphatic rings. The molecule has 0 atom stereocenters. The number of carbonyl (C=O) groups is 1. The molecule has 88 valence electrons. The largest absolute Gasteiger partial charge is 0.319 e. The Morgan fingerprint density at radius 1 is 1.56 bits per heavy atom. The number of carbonyl (C=O) groups excluding carboxylic acids is 1. The van der Waals surface area contributed by atoms with Gasteiger partial charge in [0.15, 0.2) is 5.78 Å². The van der Waals surface area contributed by atoms with Crippen molar-refractivity contribution >= 4 is 5.78 Å². The Labute approximate surface area is 95.8 Å². The molecule has 4 nitrogen and oxygen atoms in total. The summed E-state index contributed by atoms with van der Waals surface area (Å²) in [6.07, 6.45) is 8.22. The maximum atomic E-state index is 12.2. The predicted octanol–water partition coefficient (Wildman–Crippen LogP) is 1.75. The van der Waals surface area contributed by atoms with E-state index in [1.165, 1.54) is 0 Å². The van der Waals surface area contributed by atoms with Crippen molar-refractivity contribution in [2.24, 2.45) is 5.73 Å². The lowest BCUT2D eigenvalue weighted by Crippen LogP contribution is -2.45. The average molecular weight is 221 g/mol. The average Bonchev–Trinajstić information content (AvgIpc) is 2.88. The van der Waals surface area contributed by atoms with Crippen LogP contribution in [-0.2, 0) is 6.54 Å². The molecule has 0 saturated heterocycles. The van der Waals surface area contributed by atoms with Gasteiger partial charge in [0.05, 0.1) is 17.3 Å². The Morgan fingerprint density at radius 2 is 2.25 bits per heavy atom. The molecule has 2 rings (SSSR count). The van der Waals surface area contributed by atoms with Crippen molar-refractivity contribution in [3.05, 3.63) is 18.0 Å². The summed E-state index contributed by atoms with van der Waals surface area (Å²) < 4.78 is 1.81. The minimum atomic E-state index is -0.625. The molecule has 1 heterocycles. The van der Waals surface area contributed by atoms with Gasteiger partial charge >= 0.3 is 0 Å². The smallest absolute Gasteiger partial charge is 0.185 e. The number of nitrogens with zero attached hydrogens (tertiary/aromatic N) is 2. The zero-order valence-electron chi connectivity index (χ0n) is 9.78. The van der Waals surface area contributed by atoms with Crippen LogP contribution in [0.5, 0.6) is 0 Å². The van der Waals surface area contributed by atoms with Crippen molar-refractivity contribution in [1.82, 2.24) is 9.78 Å². The predicted molar refractivity (Wildman–Crippen MR) is 62.2 cm³/mol. The van der Waals surface area contributed by atoms with Crippen molar-refractivity contribution in [3.63, 3.8) is 0 Å². The van der Waals surface area contributed by atoms with Crippen LogP contribution in [0.15, 0.2) is 12.4 Å². The first-order valence-corrected chi connectivity index (χ1v) is 6.02. The normalized spacial score (nSPS) is 18.9. The molecule has 0 bridgehead atoms. The van der Waals surface area contributed by atoms with Gasteiger partial charge in [0.1, 0.15) is 0 Å². The van der Waals surface area contributed by atoms with E-state index >= 15 is 0 Å². The molecule has 0 amide bonds. The number of nitrogens with two attached hydrogens (primary N) is 1. The topological polar surface area (TPSA) is 60.9 Å². The number of hydrogen-bond donors (Lipinski definition) is 1. The Kier molecular flexibility index (Phi) is 3.10. The molecule has 0 unspecified atom stereocenters. The van der Waals surface area contributed by atoms with Gasteiger partial charge in [-0.1, -0.05) is 19.8 Å². The quantitative estimate of drug-likeness (QED) is 0.788. The maximum absolute atomic E-state index is 12.2. The number of ketones is 1. The highest BCUT2D eigenvalue weighted by atomic mass is 16.1. The summed E-state index contributed by atoms with van der Waals surface area (Å²) in [6, 6.07) is 0. The SMILES string of the molecule is CCCn1cc(C(=O)C2(N)CCCC2)cn1. The second kappa shape index (κ2) is 4.37. The number of rotatable bonds is 4. The van der Waals surface area contributed by atoms with Gasteiger partial charge in [-0.2, -0.15) is 5.10 Å². The van der Waals surface area contributed by atoms with Gasteiger partial charge in [0, 0.05) is 12.7 Å². The Hall–Kier alpha value is -1.16. The van der Waals surface area contributed by atoms with Gasteiger partial charge in [0.25, 0.3) is 0 Å². The summed E-state index contributed by atoms with van der Waals surface area (Å²) >= 11 is 0. The Bertz CT molecular complexity index is 377. The molecule has 1 aromatic rings. The van der Waals surface area contributed by atoms with Gasteiger partial charge in [-0.15, -0.1) is 0 Å².